The maximum absolute atomic E-state index is 4.59. The third-order valence-electron chi connectivity index (χ3n) is 3.65. The van der Waals surface area contributed by atoms with E-state index in [1.807, 2.05) is 6.20 Å². The van der Waals surface area contributed by atoms with Crippen molar-refractivity contribution in [3.63, 3.8) is 0 Å². The monoisotopic (exact) mass is 244 g/mol. The van der Waals surface area contributed by atoms with Gasteiger partial charge in [0.2, 0.25) is 0 Å². The standard InChI is InChI=1S/C14H20N4/c1-2-6-16-13(3-1)12-4-5-14(17-11-12)18-9-7-15-8-10-18/h4-5,11,15H,1-3,6-10H2. The smallest absolute Gasteiger partial charge is 0.128 e. The quantitative estimate of drug-likeness (QED) is 0.856. The average molecular weight is 244 g/mol. The molecule has 0 aromatic carbocycles. The molecule has 4 nitrogen and oxygen atoms in total. The zero-order valence-corrected chi connectivity index (χ0v) is 10.7. The van der Waals surface area contributed by atoms with Crippen LogP contribution in [-0.4, -0.2) is 43.4 Å². The molecule has 0 unspecified atom stereocenters. The minimum Gasteiger partial charge on any atom is -0.354 e. The molecule has 1 saturated heterocycles. The van der Waals surface area contributed by atoms with E-state index in [-0.39, 0.29) is 0 Å². The average Bonchev–Trinajstić information content (AvgIpc) is 2.49. The molecule has 3 heterocycles. The first kappa shape index (κ1) is 11.7. The predicted molar refractivity (Wildman–Crippen MR) is 74.6 cm³/mol. The highest BCUT2D eigenvalue weighted by molar-refractivity contribution is 6.00. The second kappa shape index (κ2) is 5.48. The van der Waals surface area contributed by atoms with Crippen molar-refractivity contribution in [1.29, 1.82) is 0 Å². The molecule has 96 valence electrons. The molecule has 1 aromatic heterocycles. The van der Waals surface area contributed by atoms with Gasteiger partial charge in [0.15, 0.2) is 0 Å². The highest BCUT2D eigenvalue weighted by atomic mass is 15.2. The van der Waals surface area contributed by atoms with E-state index in [1.165, 1.54) is 24.1 Å². The number of aliphatic imine (C=N–C) groups is 1. The molecule has 1 N–H and O–H groups in total. The van der Waals surface area contributed by atoms with E-state index in [2.05, 4.69) is 32.3 Å². The van der Waals surface area contributed by atoms with Crippen molar-refractivity contribution in [1.82, 2.24) is 10.3 Å². The van der Waals surface area contributed by atoms with Gasteiger partial charge < -0.3 is 10.2 Å². The summed E-state index contributed by atoms with van der Waals surface area (Å²) in [6, 6.07) is 4.31. The van der Waals surface area contributed by atoms with Crippen LogP contribution in [0.15, 0.2) is 23.3 Å². The summed E-state index contributed by atoms with van der Waals surface area (Å²) in [6.07, 6.45) is 5.59. The normalized spacial score (nSPS) is 20.7. The zero-order valence-electron chi connectivity index (χ0n) is 10.7. The number of hydrogen-bond donors (Lipinski definition) is 1. The van der Waals surface area contributed by atoms with Crippen LogP contribution in [0.5, 0.6) is 0 Å². The summed E-state index contributed by atoms with van der Waals surface area (Å²) < 4.78 is 0. The van der Waals surface area contributed by atoms with Crippen molar-refractivity contribution >= 4 is 11.5 Å². The molecule has 0 amide bonds. The second-order valence-electron chi connectivity index (χ2n) is 4.93. The second-order valence-corrected chi connectivity index (χ2v) is 4.93. The van der Waals surface area contributed by atoms with Crippen molar-refractivity contribution < 1.29 is 0 Å². The number of pyridine rings is 1. The first-order chi connectivity index (χ1) is 8.93. The van der Waals surface area contributed by atoms with Gasteiger partial charge in [-0.15, -0.1) is 0 Å². The van der Waals surface area contributed by atoms with Gasteiger partial charge in [-0.05, 0) is 31.4 Å². The number of hydrogen-bond acceptors (Lipinski definition) is 4. The molecule has 4 heteroatoms. The molecule has 2 aliphatic rings. The van der Waals surface area contributed by atoms with Crippen molar-refractivity contribution in [3.8, 4) is 0 Å². The van der Waals surface area contributed by atoms with Gasteiger partial charge in [-0.25, -0.2) is 4.98 Å². The van der Waals surface area contributed by atoms with Gasteiger partial charge in [-0.1, -0.05) is 0 Å². The van der Waals surface area contributed by atoms with Gasteiger partial charge in [-0.3, -0.25) is 4.99 Å². The highest BCUT2D eigenvalue weighted by Crippen LogP contribution is 2.16. The fraction of sp³-hybridized carbons (Fsp3) is 0.571. The Bertz CT molecular complexity index is 418. The third kappa shape index (κ3) is 2.53. The molecule has 3 rings (SSSR count). The molecule has 1 aromatic rings. The van der Waals surface area contributed by atoms with E-state index >= 15 is 0 Å². The Morgan fingerprint density at radius 3 is 2.67 bits per heavy atom. The van der Waals surface area contributed by atoms with E-state index in [4.69, 9.17) is 0 Å². The van der Waals surface area contributed by atoms with Gasteiger partial charge in [-0.2, -0.15) is 0 Å². The number of nitrogens with one attached hydrogen (secondary N) is 1. The van der Waals surface area contributed by atoms with Gasteiger partial charge >= 0.3 is 0 Å². The molecule has 1 fully saturated rings. The van der Waals surface area contributed by atoms with Crippen molar-refractivity contribution in [2.75, 3.05) is 37.6 Å². The number of piperazine rings is 1. The minimum atomic E-state index is 0.981. The molecule has 0 radical (unpaired) electrons. The molecule has 2 aliphatic heterocycles. The molecule has 0 bridgehead atoms. The summed E-state index contributed by atoms with van der Waals surface area (Å²) in [6.45, 7) is 5.18. The van der Waals surface area contributed by atoms with Crippen LogP contribution in [0.4, 0.5) is 5.82 Å². The lowest BCUT2D eigenvalue weighted by Crippen LogP contribution is -2.43. The maximum atomic E-state index is 4.59. The van der Waals surface area contributed by atoms with Crippen LogP contribution in [-0.2, 0) is 0 Å². The topological polar surface area (TPSA) is 40.5 Å². The Labute approximate surface area is 108 Å². The van der Waals surface area contributed by atoms with Crippen LogP contribution in [0.3, 0.4) is 0 Å². The van der Waals surface area contributed by atoms with Crippen LogP contribution in [0, 0.1) is 0 Å². The van der Waals surface area contributed by atoms with E-state index in [1.54, 1.807) is 0 Å². The predicted octanol–water partition coefficient (Wildman–Crippen LogP) is 1.46. The lowest BCUT2D eigenvalue weighted by Gasteiger charge is -2.28. The largest absolute Gasteiger partial charge is 0.354 e. The lowest BCUT2D eigenvalue weighted by molar-refractivity contribution is 0.585. The summed E-state index contributed by atoms with van der Waals surface area (Å²) >= 11 is 0. The molecule has 0 aliphatic carbocycles. The van der Waals surface area contributed by atoms with E-state index in [9.17, 15) is 0 Å². The summed E-state index contributed by atoms with van der Waals surface area (Å²) in [4.78, 5) is 11.5. The fourth-order valence-corrected chi connectivity index (χ4v) is 2.57. The van der Waals surface area contributed by atoms with Crippen LogP contribution >= 0.6 is 0 Å². The van der Waals surface area contributed by atoms with Crippen LogP contribution in [0.1, 0.15) is 24.8 Å². The van der Waals surface area contributed by atoms with Gasteiger partial charge in [0.25, 0.3) is 0 Å². The van der Waals surface area contributed by atoms with Crippen LogP contribution < -0.4 is 10.2 Å². The number of anilines is 1. The Kier molecular flexibility index (Phi) is 3.55. The minimum absolute atomic E-state index is 0.981. The van der Waals surface area contributed by atoms with E-state index < -0.39 is 0 Å². The van der Waals surface area contributed by atoms with Crippen LogP contribution in [0.2, 0.25) is 0 Å². The summed E-state index contributed by atoms with van der Waals surface area (Å²) in [5, 5.41) is 3.36. The van der Waals surface area contributed by atoms with Crippen molar-refractivity contribution in [2.24, 2.45) is 4.99 Å². The third-order valence-corrected chi connectivity index (χ3v) is 3.65. The first-order valence-corrected chi connectivity index (χ1v) is 6.89. The maximum Gasteiger partial charge on any atom is 0.128 e. The number of aromatic nitrogens is 1. The Morgan fingerprint density at radius 2 is 2.00 bits per heavy atom. The SMILES string of the molecule is c1cc(N2CCNCC2)ncc1C1=NCCCC1. The summed E-state index contributed by atoms with van der Waals surface area (Å²) in [5.41, 5.74) is 2.44. The number of rotatable bonds is 2. The lowest BCUT2D eigenvalue weighted by atomic mass is 10.0. The van der Waals surface area contributed by atoms with Gasteiger partial charge in [0.05, 0.1) is 0 Å². The van der Waals surface area contributed by atoms with Crippen molar-refractivity contribution in [3.05, 3.63) is 23.9 Å². The van der Waals surface area contributed by atoms with Crippen molar-refractivity contribution in [2.45, 2.75) is 19.3 Å². The highest BCUT2D eigenvalue weighted by Gasteiger charge is 2.13. The molecule has 18 heavy (non-hydrogen) atoms. The molecular formula is C14H20N4. The number of nitrogens with zero attached hydrogens (tertiary/aromatic N) is 3. The zero-order chi connectivity index (χ0) is 12.2. The molecular weight excluding hydrogens is 224 g/mol. The summed E-state index contributed by atoms with van der Waals surface area (Å²) in [7, 11) is 0. The fourth-order valence-electron chi connectivity index (χ4n) is 2.57. The van der Waals surface area contributed by atoms with E-state index in [0.717, 1.165) is 45.0 Å². The Morgan fingerprint density at radius 1 is 1.11 bits per heavy atom. The molecule has 0 atom stereocenters. The molecule has 0 spiro atoms. The molecule has 0 saturated carbocycles. The van der Waals surface area contributed by atoms with Gasteiger partial charge in [0.1, 0.15) is 5.82 Å². The van der Waals surface area contributed by atoms with Gasteiger partial charge in [0, 0.05) is 50.2 Å². The summed E-state index contributed by atoms with van der Waals surface area (Å²) in [5.74, 6) is 1.09. The van der Waals surface area contributed by atoms with E-state index in [0.29, 0.717) is 0 Å². The Hall–Kier alpha value is -1.42. The Balaban J connectivity index is 1.73. The first-order valence-electron chi connectivity index (χ1n) is 6.89. The van der Waals surface area contributed by atoms with Crippen LogP contribution in [0.25, 0.3) is 0 Å².